The summed E-state index contributed by atoms with van der Waals surface area (Å²) in [6.07, 6.45) is 4.18. The van der Waals surface area contributed by atoms with Crippen molar-refractivity contribution in [1.82, 2.24) is 24.9 Å². The maximum absolute atomic E-state index is 12.7. The van der Waals surface area contributed by atoms with Gasteiger partial charge in [-0.25, -0.2) is 0 Å². The molecule has 3 rings (SSSR count). The fraction of sp³-hybridized carbons (Fsp3) is 0.778. The number of amides is 1. The van der Waals surface area contributed by atoms with Gasteiger partial charge >= 0.3 is 0 Å². The zero-order valence-corrected chi connectivity index (χ0v) is 15.3. The summed E-state index contributed by atoms with van der Waals surface area (Å²) >= 11 is 0. The number of rotatable bonds is 7. The number of carbonyl (C=O) groups excluding carboxylic acids is 1. The van der Waals surface area contributed by atoms with Crippen LogP contribution in [0, 0.1) is 0 Å². The van der Waals surface area contributed by atoms with Gasteiger partial charge in [0.05, 0.1) is 6.61 Å². The lowest BCUT2D eigenvalue weighted by Crippen LogP contribution is -2.50. The molecule has 25 heavy (non-hydrogen) atoms. The van der Waals surface area contributed by atoms with Crippen LogP contribution in [0.3, 0.4) is 0 Å². The average Bonchev–Trinajstić information content (AvgIpc) is 3.11. The molecule has 0 aliphatic carbocycles. The van der Waals surface area contributed by atoms with E-state index in [4.69, 9.17) is 4.74 Å². The van der Waals surface area contributed by atoms with Gasteiger partial charge in [0.15, 0.2) is 0 Å². The Kier molecular flexibility index (Phi) is 6.84. The van der Waals surface area contributed by atoms with E-state index in [-0.39, 0.29) is 5.91 Å². The molecule has 0 unspecified atom stereocenters. The monoisotopic (exact) mass is 349 g/mol. The molecular formula is C18H31N5O2. The molecule has 1 N–H and O–H groups in total. The molecule has 0 saturated carbocycles. The van der Waals surface area contributed by atoms with Crippen molar-refractivity contribution in [3.05, 3.63) is 18.0 Å². The summed E-state index contributed by atoms with van der Waals surface area (Å²) in [5, 5.41) is 7.85. The predicted molar refractivity (Wildman–Crippen MR) is 96.6 cm³/mol. The Bertz CT molecular complexity index is 533. The average molecular weight is 349 g/mol. The first-order valence-corrected chi connectivity index (χ1v) is 9.58. The van der Waals surface area contributed by atoms with Gasteiger partial charge in [-0.3, -0.25) is 14.4 Å². The molecule has 2 aliphatic rings. The van der Waals surface area contributed by atoms with Gasteiger partial charge in [-0.1, -0.05) is 0 Å². The van der Waals surface area contributed by atoms with Crippen LogP contribution in [0.25, 0.3) is 0 Å². The Hall–Kier alpha value is -1.44. The minimum Gasteiger partial charge on any atom is -0.380 e. The summed E-state index contributed by atoms with van der Waals surface area (Å²) in [5.41, 5.74) is 1.19. The van der Waals surface area contributed by atoms with Crippen LogP contribution in [0.4, 0.5) is 0 Å². The van der Waals surface area contributed by atoms with Crippen LogP contribution in [0.2, 0.25) is 0 Å². The van der Waals surface area contributed by atoms with Crippen LogP contribution in [0.15, 0.2) is 12.3 Å². The first kappa shape index (κ1) is 18.4. The molecule has 140 valence electrons. The molecular weight excluding hydrogens is 318 g/mol. The molecule has 7 nitrogen and oxygen atoms in total. The van der Waals surface area contributed by atoms with E-state index in [1.165, 1.54) is 18.5 Å². The van der Waals surface area contributed by atoms with Gasteiger partial charge in [0.25, 0.3) is 0 Å². The summed E-state index contributed by atoms with van der Waals surface area (Å²) in [6.45, 7) is 10.4. The first-order chi connectivity index (χ1) is 12.3. The number of hydrogen-bond donors (Lipinski definition) is 1. The summed E-state index contributed by atoms with van der Waals surface area (Å²) in [6, 6.07) is 2.07. The Balaban J connectivity index is 1.48. The number of ether oxygens (including phenoxy) is 1. The molecule has 0 spiro atoms. The Morgan fingerprint density at radius 3 is 2.92 bits per heavy atom. The van der Waals surface area contributed by atoms with Crippen LogP contribution >= 0.6 is 0 Å². The molecule has 0 radical (unpaired) electrons. The fourth-order valence-electron chi connectivity index (χ4n) is 3.71. The third-order valence-electron chi connectivity index (χ3n) is 5.23. The number of hydrogen-bond acceptors (Lipinski definition) is 5. The van der Waals surface area contributed by atoms with Gasteiger partial charge in [-0.2, -0.15) is 5.10 Å². The Morgan fingerprint density at radius 1 is 1.36 bits per heavy atom. The van der Waals surface area contributed by atoms with Crippen molar-refractivity contribution in [1.29, 1.82) is 0 Å². The van der Waals surface area contributed by atoms with E-state index in [0.717, 1.165) is 59.0 Å². The van der Waals surface area contributed by atoms with Gasteiger partial charge in [-0.05, 0) is 32.4 Å². The van der Waals surface area contributed by atoms with E-state index in [9.17, 15) is 4.79 Å². The Labute approximate surface area is 150 Å². The van der Waals surface area contributed by atoms with Crippen molar-refractivity contribution in [2.24, 2.45) is 0 Å². The molecule has 2 saturated heterocycles. The molecule has 1 aromatic heterocycles. The topological polar surface area (TPSA) is 62.6 Å². The predicted octanol–water partition coefficient (Wildman–Crippen LogP) is 0.531. The van der Waals surface area contributed by atoms with Crippen molar-refractivity contribution in [3.8, 4) is 0 Å². The largest absolute Gasteiger partial charge is 0.380 e. The van der Waals surface area contributed by atoms with Gasteiger partial charge in [0, 0.05) is 63.7 Å². The minimum absolute atomic E-state index is 0.179. The van der Waals surface area contributed by atoms with Crippen molar-refractivity contribution in [3.63, 3.8) is 0 Å². The highest BCUT2D eigenvalue weighted by atomic mass is 16.5. The third-order valence-corrected chi connectivity index (χ3v) is 5.23. The lowest BCUT2D eigenvalue weighted by molar-refractivity contribution is -0.133. The highest BCUT2D eigenvalue weighted by Gasteiger charge is 2.24. The first-order valence-electron chi connectivity index (χ1n) is 9.58. The van der Waals surface area contributed by atoms with Crippen LogP contribution in [0.5, 0.6) is 0 Å². The molecule has 0 aromatic carbocycles. The molecule has 0 bridgehead atoms. The number of carbonyl (C=O) groups is 1. The zero-order valence-electron chi connectivity index (χ0n) is 15.3. The van der Waals surface area contributed by atoms with E-state index in [0.29, 0.717) is 12.5 Å². The van der Waals surface area contributed by atoms with Gasteiger partial charge < -0.3 is 15.0 Å². The second-order valence-electron chi connectivity index (χ2n) is 6.88. The third kappa shape index (κ3) is 5.03. The standard InChI is InChI=1S/C18H31N5O2/c1-2-25-13-12-21-8-10-22(11-9-21)18(24)15-23-17(5-7-20-23)16-4-3-6-19-14-16/h5,7,16,19H,2-4,6,8-15H2,1H3/t16-/m0/s1. The van der Waals surface area contributed by atoms with E-state index in [2.05, 4.69) is 21.4 Å². The van der Waals surface area contributed by atoms with Crippen LogP contribution < -0.4 is 5.32 Å². The summed E-state index contributed by atoms with van der Waals surface area (Å²) in [7, 11) is 0. The van der Waals surface area contributed by atoms with Gasteiger partial charge in [0.2, 0.25) is 5.91 Å². The van der Waals surface area contributed by atoms with Crippen molar-refractivity contribution >= 4 is 5.91 Å². The van der Waals surface area contributed by atoms with Crippen molar-refractivity contribution in [2.75, 3.05) is 59.0 Å². The highest BCUT2D eigenvalue weighted by Crippen LogP contribution is 2.22. The van der Waals surface area contributed by atoms with E-state index in [1.807, 2.05) is 22.7 Å². The summed E-state index contributed by atoms with van der Waals surface area (Å²) in [5.74, 6) is 0.651. The maximum atomic E-state index is 12.7. The fourth-order valence-corrected chi connectivity index (χ4v) is 3.71. The maximum Gasteiger partial charge on any atom is 0.244 e. The van der Waals surface area contributed by atoms with Crippen molar-refractivity contribution < 1.29 is 9.53 Å². The number of aromatic nitrogens is 2. The normalized spacial score (nSPS) is 22.3. The van der Waals surface area contributed by atoms with Gasteiger partial charge in [-0.15, -0.1) is 0 Å². The van der Waals surface area contributed by atoms with E-state index in [1.54, 1.807) is 0 Å². The summed E-state index contributed by atoms with van der Waals surface area (Å²) in [4.78, 5) is 17.0. The Morgan fingerprint density at radius 2 is 2.20 bits per heavy atom. The minimum atomic E-state index is 0.179. The second-order valence-corrected chi connectivity index (χ2v) is 6.88. The second kappa shape index (κ2) is 9.31. The summed E-state index contributed by atoms with van der Waals surface area (Å²) < 4.78 is 7.32. The quantitative estimate of drug-likeness (QED) is 0.728. The van der Waals surface area contributed by atoms with Crippen molar-refractivity contribution in [2.45, 2.75) is 32.2 Å². The lowest BCUT2D eigenvalue weighted by atomic mass is 9.96. The van der Waals surface area contributed by atoms with E-state index < -0.39 is 0 Å². The molecule has 2 fully saturated rings. The number of piperazine rings is 1. The van der Waals surface area contributed by atoms with E-state index >= 15 is 0 Å². The number of nitrogens with zero attached hydrogens (tertiary/aromatic N) is 4. The number of nitrogens with one attached hydrogen (secondary N) is 1. The molecule has 1 atom stereocenters. The van der Waals surface area contributed by atoms with Crippen LogP contribution in [-0.4, -0.2) is 84.5 Å². The zero-order chi connectivity index (χ0) is 17.5. The molecule has 2 aliphatic heterocycles. The SMILES string of the molecule is CCOCCN1CCN(C(=O)Cn2nccc2[C@H]2CCCNC2)CC1. The van der Waals surface area contributed by atoms with Gasteiger partial charge in [0.1, 0.15) is 6.54 Å². The number of piperidine rings is 1. The van der Waals surface area contributed by atoms with Crippen LogP contribution in [0.1, 0.15) is 31.4 Å². The highest BCUT2D eigenvalue weighted by molar-refractivity contribution is 5.76. The van der Waals surface area contributed by atoms with Crippen LogP contribution in [-0.2, 0) is 16.1 Å². The smallest absolute Gasteiger partial charge is 0.244 e. The molecule has 1 aromatic rings. The molecule has 3 heterocycles. The lowest BCUT2D eigenvalue weighted by Gasteiger charge is -2.34. The molecule has 7 heteroatoms. The molecule has 1 amide bonds.